The van der Waals surface area contributed by atoms with Gasteiger partial charge in [0.2, 0.25) is 0 Å². The van der Waals surface area contributed by atoms with Gasteiger partial charge in [0.15, 0.2) is 0 Å². The fourth-order valence-corrected chi connectivity index (χ4v) is 4.93. The number of aromatic nitrogens is 4. The first-order valence-corrected chi connectivity index (χ1v) is 11.5. The van der Waals surface area contributed by atoms with Crippen molar-refractivity contribution in [3.05, 3.63) is 30.0 Å². The van der Waals surface area contributed by atoms with E-state index in [0.717, 1.165) is 69.2 Å². The Kier molecular flexibility index (Phi) is 5.64. The molecule has 2 saturated carbocycles. The highest BCUT2D eigenvalue weighted by atomic mass is 16.5. The maximum atomic E-state index is 6.07. The van der Waals surface area contributed by atoms with Gasteiger partial charge in [-0.05, 0) is 75.7 Å². The lowest BCUT2D eigenvalue weighted by Crippen LogP contribution is -2.27. The molecule has 2 N–H and O–H groups in total. The molecule has 0 aromatic carbocycles. The van der Waals surface area contributed by atoms with E-state index in [1.165, 1.54) is 36.9 Å². The van der Waals surface area contributed by atoms with E-state index in [1.807, 2.05) is 12.4 Å². The van der Waals surface area contributed by atoms with Gasteiger partial charge in [0, 0.05) is 36.5 Å². The van der Waals surface area contributed by atoms with Crippen LogP contribution in [0.1, 0.15) is 68.9 Å². The van der Waals surface area contributed by atoms with Crippen LogP contribution in [0.5, 0.6) is 0 Å². The molecule has 1 aliphatic heterocycles. The van der Waals surface area contributed by atoms with Crippen LogP contribution in [0.15, 0.2) is 18.5 Å². The van der Waals surface area contributed by atoms with Crippen LogP contribution in [-0.4, -0.2) is 39.0 Å². The Balaban J connectivity index is 1.39. The third-order valence-corrected chi connectivity index (χ3v) is 6.90. The van der Waals surface area contributed by atoms with Crippen LogP contribution < -0.4 is 5.73 Å². The SMILES string of the molecule is NC1CCC(Cc2nccc(-c3cnn(C4CCCOC4)c3CC3CC3)n2)CC1. The summed E-state index contributed by atoms with van der Waals surface area (Å²) in [5.74, 6) is 2.44. The second-order valence-electron chi connectivity index (χ2n) is 9.31. The molecular formula is C23H33N5O. The van der Waals surface area contributed by atoms with Crippen LogP contribution in [0.25, 0.3) is 11.3 Å². The number of nitrogens with zero attached hydrogens (tertiary/aromatic N) is 4. The summed E-state index contributed by atoms with van der Waals surface area (Å²) in [5.41, 5.74) is 9.63. The van der Waals surface area contributed by atoms with Gasteiger partial charge in [0.25, 0.3) is 0 Å². The number of hydrogen-bond acceptors (Lipinski definition) is 5. The van der Waals surface area contributed by atoms with Crippen molar-refractivity contribution in [3.63, 3.8) is 0 Å². The predicted octanol–water partition coefficient (Wildman–Crippen LogP) is 3.70. The molecule has 6 nitrogen and oxygen atoms in total. The number of nitrogens with two attached hydrogens (primary N) is 1. The molecule has 156 valence electrons. The maximum Gasteiger partial charge on any atom is 0.129 e. The molecule has 2 aliphatic carbocycles. The van der Waals surface area contributed by atoms with E-state index in [1.54, 1.807) is 0 Å². The molecule has 3 aliphatic rings. The van der Waals surface area contributed by atoms with E-state index >= 15 is 0 Å². The van der Waals surface area contributed by atoms with Crippen LogP contribution in [0.3, 0.4) is 0 Å². The minimum Gasteiger partial charge on any atom is -0.379 e. The van der Waals surface area contributed by atoms with E-state index in [2.05, 4.69) is 15.7 Å². The second kappa shape index (κ2) is 8.52. The lowest BCUT2D eigenvalue weighted by atomic mass is 9.84. The van der Waals surface area contributed by atoms with E-state index < -0.39 is 0 Å². The van der Waals surface area contributed by atoms with Crippen molar-refractivity contribution in [1.29, 1.82) is 0 Å². The molecule has 1 unspecified atom stereocenters. The van der Waals surface area contributed by atoms with Crippen LogP contribution >= 0.6 is 0 Å². The zero-order chi connectivity index (χ0) is 19.6. The van der Waals surface area contributed by atoms with Gasteiger partial charge < -0.3 is 10.5 Å². The molecular weight excluding hydrogens is 362 g/mol. The molecule has 0 amide bonds. The van der Waals surface area contributed by atoms with Gasteiger partial charge in [-0.25, -0.2) is 9.97 Å². The van der Waals surface area contributed by atoms with E-state index in [4.69, 9.17) is 20.6 Å². The number of ether oxygens (including phenoxy) is 1. The van der Waals surface area contributed by atoms with Crippen molar-refractivity contribution >= 4 is 0 Å². The van der Waals surface area contributed by atoms with Gasteiger partial charge >= 0.3 is 0 Å². The van der Waals surface area contributed by atoms with Crippen LogP contribution in [0.4, 0.5) is 0 Å². The van der Waals surface area contributed by atoms with Crippen molar-refractivity contribution in [2.75, 3.05) is 13.2 Å². The third-order valence-electron chi connectivity index (χ3n) is 6.90. The molecule has 2 aromatic heterocycles. The lowest BCUT2D eigenvalue weighted by molar-refractivity contribution is 0.0538. The quantitative estimate of drug-likeness (QED) is 0.807. The van der Waals surface area contributed by atoms with Crippen LogP contribution in [0.2, 0.25) is 0 Å². The molecule has 3 heterocycles. The lowest BCUT2D eigenvalue weighted by Gasteiger charge is -2.25. The first-order chi connectivity index (χ1) is 14.3. The largest absolute Gasteiger partial charge is 0.379 e. The molecule has 2 aromatic rings. The Labute approximate surface area is 173 Å². The molecule has 0 radical (unpaired) electrons. The summed E-state index contributed by atoms with van der Waals surface area (Å²) in [6.07, 6.45) is 15.6. The van der Waals surface area contributed by atoms with Gasteiger partial charge in [0.05, 0.1) is 24.5 Å². The summed E-state index contributed by atoms with van der Waals surface area (Å²) in [5, 5.41) is 4.81. The molecule has 29 heavy (non-hydrogen) atoms. The van der Waals surface area contributed by atoms with Gasteiger partial charge in [-0.3, -0.25) is 4.68 Å². The Hall–Kier alpha value is -1.79. The number of rotatable bonds is 6. The zero-order valence-corrected chi connectivity index (χ0v) is 17.3. The Morgan fingerprint density at radius 1 is 1.03 bits per heavy atom. The van der Waals surface area contributed by atoms with E-state index in [0.29, 0.717) is 18.0 Å². The number of hydrogen-bond donors (Lipinski definition) is 1. The second-order valence-corrected chi connectivity index (χ2v) is 9.31. The average Bonchev–Trinajstić information content (AvgIpc) is 3.48. The monoisotopic (exact) mass is 395 g/mol. The minimum atomic E-state index is 0.360. The third kappa shape index (κ3) is 4.53. The van der Waals surface area contributed by atoms with Crippen molar-refractivity contribution in [3.8, 4) is 11.3 Å². The van der Waals surface area contributed by atoms with Gasteiger partial charge in [-0.15, -0.1) is 0 Å². The first kappa shape index (κ1) is 19.2. The molecule has 1 atom stereocenters. The fourth-order valence-electron chi connectivity index (χ4n) is 4.93. The van der Waals surface area contributed by atoms with Crippen molar-refractivity contribution in [1.82, 2.24) is 19.7 Å². The molecule has 5 rings (SSSR count). The van der Waals surface area contributed by atoms with Gasteiger partial charge in [0.1, 0.15) is 5.82 Å². The molecule has 0 spiro atoms. The Morgan fingerprint density at radius 2 is 1.83 bits per heavy atom. The summed E-state index contributed by atoms with van der Waals surface area (Å²) in [6.45, 7) is 1.65. The van der Waals surface area contributed by atoms with Gasteiger partial charge in [-0.2, -0.15) is 5.10 Å². The van der Waals surface area contributed by atoms with Crippen molar-refractivity contribution < 1.29 is 4.74 Å². The normalized spacial score (nSPS) is 27.8. The smallest absolute Gasteiger partial charge is 0.129 e. The van der Waals surface area contributed by atoms with E-state index in [-0.39, 0.29) is 0 Å². The molecule has 0 bridgehead atoms. The molecule has 1 saturated heterocycles. The maximum absolute atomic E-state index is 6.07. The summed E-state index contributed by atoms with van der Waals surface area (Å²) in [4.78, 5) is 9.56. The summed E-state index contributed by atoms with van der Waals surface area (Å²) in [7, 11) is 0. The summed E-state index contributed by atoms with van der Waals surface area (Å²) in [6, 6.07) is 2.80. The molecule has 3 fully saturated rings. The topological polar surface area (TPSA) is 78.8 Å². The van der Waals surface area contributed by atoms with Crippen molar-refractivity contribution in [2.45, 2.75) is 76.3 Å². The highest BCUT2D eigenvalue weighted by molar-refractivity contribution is 5.61. The Bertz CT molecular complexity index is 816. The average molecular weight is 396 g/mol. The Morgan fingerprint density at radius 3 is 2.59 bits per heavy atom. The fraction of sp³-hybridized carbons (Fsp3) is 0.696. The van der Waals surface area contributed by atoms with Gasteiger partial charge in [-0.1, -0.05) is 0 Å². The minimum absolute atomic E-state index is 0.360. The van der Waals surface area contributed by atoms with E-state index in [9.17, 15) is 0 Å². The van der Waals surface area contributed by atoms with Crippen LogP contribution in [-0.2, 0) is 17.6 Å². The molecule has 6 heteroatoms. The predicted molar refractivity (Wildman–Crippen MR) is 112 cm³/mol. The van der Waals surface area contributed by atoms with Crippen LogP contribution in [0, 0.1) is 11.8 Å². The van der Waals surface area contributed by atoms with Crippen molar-refractivity contribution in [2.24, 2.45) is 17.6 Å². The standard InChI is InChI=1S/C23H33N5O/c24-18-7-5-17(6-8-18)13-23-25-10-9-21(27-23)20-14-26-28(19-2-1-11-29-15-19)22(20)12-16-3-4-16/h9-10,14,16-19H,1-8,11-13,15,24H2. The highest BCUT2D eigenvalue weighted by Gasteiger charge is 2.29. The zero-order valence-electron chi connectivity index (χ0n) is 17.3. The highest BCUT2D eigenvalue weighted by Crippen LogP contribution is 2.37. The summed E-state index contributed by atoms with van der Waals surface area (Å²) < 4.78 is 7.99. The summed E-state index contributed by atoms with van der Waals surface area (Å²) >= 11 is 0. The first-order valence-electron chi connectivity index (χ1n) is 11.5.